The topological polar surface area (TPSA) is 41.0 Å². The van der Waals surface area contributed by atoms with Crippen molar-refractivity contribution in [1.82, 2.24) is 15.1 Å². The van der Waals surface area contributed by atoms with E-state index in [2.05, 4.69) is 57.7 Å². The summed E-state index contributed by atoms with van der Waals surface area (Å²) in [5, 5.41) is 12.5. The predicted octanol–water partition coefficient (Wildman–Crippen LogP) is 4.52. The minimum Gasteiger partial charge on any atom is -0.367 e. The van der Waals surface area contributed by atoms with E-state index in [1.54, 1.807) is 0 Å². The number of benzene rings is 1. The van der Waals surface area contributed by atoms with Gasteiger partial charge in [0.1, 0.15) is 5.82 Å². The second kappa shape index (κ2) is 8.17. The number of fused-ring (bicyclic) bond motifs is 2. The molecule has 1 aromatic carbocycles. The molecule has 0 aliphatic carbocycles. The first-order chi connectivity index (χ1) is 12.8. The van der Waals surface area contributed by atoms with E-state index in [1.807, 2.05) is 6.07 Å². The number of rotatable bonds is 7. The molecule has 2 unspecified atom stereocenters. The monoisotopic (exact) mass is 350 g/mol. The molecule has 2 fully saturated rings. The van der Waals surface area contributed by atoms with Crippen LogP contribution in [0, 0.1) is 0 Å². The molecule has 4 nitrogen and oxygen atoms in total. The SMILES string of the molecule is CCCc1cc(NCCN2C3CCCC2CC3)nnc1-c1ccccc1. The van der Waals surface area contributed by atoms with E-state index in [0.29, 0.717) is 0 Å². The zero-order valence-electron chi connectivity index (χ0n) is 15.8. The first-order valence-electron chi connectivity index (χ1n) is 10.3. The highest BCUT2D eigenvalue weighted by Crippen LogP contribution is 2.35. The van der Waals surface area contributed by atoms with E-state index in [0.717, 1.165) is 55.1 Å². The average Bonchev–Trinajstić information content (AvgIpc) is 2.89. The molecule has 2 atom stereocenters. The van der Waals surface area contributed by atoms with Crippen LogP contribution in [0.1, 0.15) is 51.0 Å². The second-order valence-electron chi connectivity index (χ2n) is 7.70. The normalized spacial score (nSPS) is 22.5. The first kappa shape index (κ1) is 17.5. The van der Waals surface area contributed by atoms with Gasteiger partial charge in [-0.05, 0) is 43.7 Å². The Kier molecular flexibility index (Phi) is 5.49. The maximum Gasteiger partial charge on any atom is 0.149 e. The summed E-state index contributed by atoms with van der Waals surface area (Å²) in [6, 6.07) is 14.3. The smallest absolute Gasteiger partial charge is 0.149 e. The van der Waals surface area contributed by atoms with Crippen molar-refractivity contribution in [3.05, 3.63) is 42.0 Å². The molecule has 4 rings (SSSR count). The van der Waals surface area contributed by atoms with Crippen molar-refractivity contribution in [2.24, 2.45) is 0 Å². The van der Waals surface area contributed by atoms with E-state index in [4.69, 9.17) is 0 Å². The number of nitrogens with zero attached hydrogens (tertiary/aromatic N) is 3. The van der Waals surface area contributed by atoms with Gasteiger partial charge in [-0.15, -0.1) is 10.2 Å². The maximum absolute atomic E-state index is 4.55. The van der Waals surface area contributed by atoms with Gasteiger partial charge in [-0.25, -0.2) is 0 Å². The van der Waals surface area contributed by atoms with Crippen molar-refractivity contribution in [3.63, 3.8) is 0 Å². The van der Waals surface area contributed by atoms with E-state index >= 15 is 0 Å². The van der Waals surface area contributed by atoms with Gasteiger partial charge in [0.2, 0.25) is 0 Å². The highest BCUT2D eigenvalue weighted by atomic mass is 15.2. The highest BCUT2D eigenvalue weighted by Gasteiger charge is 2.35. The van der Waals surface area contributed by atoms with Gasteiger partial charge >= 0.3 is 0 Å². The van der Waals surface area contributed by atoms with Gasteiger partial charge in [-0.3, -0.25) is 4.90 Å². The lowest BCUT2D eigenvalue weighted by Gasteiger charge is -2.34. The lowest BCUT2D eigenvalue weighted by molar-refractivity contribution is 0.146. The Balaban J connectivity index is 1.41. The zero-order chi connectivity index (χ0) is 17.8. The third-order valence-electron chi connectivity index (χ3n) is 5.96. The Morgan fingerprint density at radius 3 is 2.54 bits per heavy atom. The minimum absolute atomic E-state index is 0.831. The number of anilines is 1. The number of piperidine rings is 1. The van der Waals surface area contributed by atoms with E-state index < -0.39 is 0 Å². The van der Waals surface area contributed by atoms with Crippen LogP contribution in [0.15, 0.2) is 36.4 Å². The quantitative estimate of drug-likeness (QED) is 0.797. The Morgan fingerprint density at radius 2 is 1.81 bits per heavy atom. The van der Waals surface area contributed by atoms with Crippen LogP contribution in [-0.4, -0.2) is 40.3 Å². The molecule has 0 amide bonds. The molecule has 1 aromatic heterocycles. The molecule has 2 aliphatic heterocycles. The summed E-state index contributed by atoms with van der Waals surface area (Å²) in [6.07, 6.45) is 9.15. The Bertz CT molecular complexity index is 699. The van der Waals surface area contributed by atoms with Crippen LogP contribution in [0.2, 0.25) is 0 Å². The average molecular weight is 351 g/mol. The van der Waals surface area contributed by atoms with Crippen molar-refractivity contribution in [1.29, 1.82) is 0 Å². The van der Waals surface area contributed by atoms with E-state index in [1.165, 1.54) is 37.7 Å². The molecule has 0 saturated carbocycles. The van der Waals surface area contributed by atoms with Crippen LogP contribution in [0.25, 0.3) is 11.3 Å². The number of hydrogen-bond acceptors (Lipinski definition) is 4. The lowest BCUT2D eigenvalue weighted by atomic mass is 10.0. The van der Waals surface area contributed by atoms with Crippen LogP contribution < -0.4 is 5.32 Å². The number of nitrogens with one attached hydrogen (secondary N) is 1. The first-order valence-corrected chi connectivity index (χ1v) is 10.3. The molecule has 3 heterocycles. The Labute approximate surface area is 157 Å². The molecular formula is C22H30N4. The molecule has 138 valence electrons. The fraction of sp³-hybridized carbons (Fsp3) is 0.545. The maximum atomic E-state index is 4.55. The number of aromatic nitrogens is 2. The summed E-state index contributed by atoms with van der Waals surface area (Å²) in [6.45, 7) is 4.30. The van der Waals surface area contributed by atoms with Crippen molar-refractivity contribution in [3.8, 4) is 11.3 Å². The van der Waals surface area contributed by atoms with Crippen molar-refractivity contribution in [2.45, 2.75) is 64.0 Å². The molecule has 2 saturated heterocycles. The van der Waals surface area contributed by atoms with Gasteiger partial charge in [0.15, 0.2) is 0 Å². The lowest BCUT2D eigenvalue weighted by Crippen LogP contribution is -2.42. The third-order valence-corrected chi connectivity index (χ3v) is 5.96. The fourth-order valence-electron chi connectivity index (χ4n) is 4.72. The third kappa shape index (κ3) is 3.75. The minimum atomic E-state index is 0.831. The van der Waals surface area contributed by atoms with Gasteiger partial charge in [0.25, 0.3) is 0 Å². The van der Waals surface area contributed by atoms with Gasteiger partial charge in [0.05, 0.1) is 5.69 Å². The summed E-state index contributed by atoms with van der Waals surface area (Å²) in [4.78, 5) is 2.73. The summed E-state index contributed by atoms with van der Waals surface area (Å²) in [5.41, 5.74) is 3.46. The molecule has 0 radical (unpaired) electrons. The fourth-order valence-corrected chi connectivity index (χ4v) is 4.72. The Morgan fingerprint density at radius 1 is 1.04 bits per heavy atom. The van der Waals surface area contributed by atoms with Crippen LogP contribution in [0.4, 0.5) is 5.82 Å². The van der Waals surface area contributed by atoms with Gasteiger partial charge in [-0.1, -0.05) is 50.1 Å². The Hall–Kier alpha value is -1.94. The van der Waals surface area contributed by atoms with Crippen LogP contribution >= 0.6 is 0 Å². The van der Waals surface area contributed by atoms with Gasteiger partial charge < -0.3 is 5.32 Å². The summed E-state index contributed by atoms with van der Waals surface area (Å²) in [5.74, 6) is 0.914. The predicted molar refractivity (Wildman–Crippen MR) is 107 cm³/mol. The van der Waals surface area contributed by atoms with Crippen molar-refractivity contribution >= 4 is 5.82 Å². The van der Waals surface area contributed by atoms with E-state index in [-0.39, 0.29) is 0 Å². The summed E-state index contributed by atoms with van der Waals surface area (Å²) < 4.78 is 0. The molecule has 2 bridgehead atoms. The largest absolute Gasteiger partial charge is 0.367 e. The molecule has 2 aliphatic rings. The van der Waals surface area contributed by atoms with Gasteiger partial charge in [0, 0.05) is 30.7 Å². The standard InChI is InChI=1S/C22H30N4/c1-2-7-18-16-21(24-25-22(18)17-8-4-3-5-9-17)23-14-15-26-19-10-6-11-20(26)13-12-19/h3-5,8-9,16,19-20H,2,6-7,10-15H2,1H3,(H,23,24). The molecule has 2 aromatic rings. The van der Waals surface area contributed by atoms with Crippen LogP contribution in [0.5, 0.6) is 0 Å². The molecule has 4 heteroatoms. The van der Waals surface area contributed by atoms with E-state index in [9.17, 15) is 0 Å². The molecular weight excluding hydrogens is 320 g/mol. The summed E-state index contributed by atoms with van der Waals surface area (Å²) in [7, 11) is 0. The molecule has 0 spiro atoms. The van der Waals surface area contributed by atoms with Gasteiger partial charge in [-0.2, -0.15) is 0 Å². The summed E-state index contributed by atoms with van der Waals surface area (Å²) >= 11 is 0. The van der Waals surface area contributed by atoms with Crippen LogP contribution in [-0.2, 0) is 6.42 Å². The number of aryl methyl sites for hydroxylation is 1. The number of hydrogen-bond donors (Lipinski definition) is 1. The van der Waals surface area contributed by atoms with Crippen LogP contribution in [0.3, 0.4) is 0 Å². The second-order valence-corrected chi connectivity index (χ2v) is 7.70. The molecule has 26 heavy (non-hydrogen) atoms. The van der Waals surface area contributed by atoms with Crippen molar-refractivity contribution in [2.75, 3.05) is 18.4 Å². The van der Waals surface area contributed by atoms with Crippen molar-refractivity contribution < 1.29 is 0 Å². The highest BCUT2D eigenvalue weighted by molar-refractivity contribution is 5.64. The zero-order valence-corrected chi connectivity index (χ0v) is 15.8. The molecule has 1 N–H and O–H groups in total.